The highest BCUT2D eigenvalue weighted by Crippen LogP contribution is 2.28. The summed E-state index contributed by atoms with van der Waals surface area (Å²) in [4.78, 5) is 24.4. The maximum atomic E-state index is 12.1. The van der Waals surface area contributed by atoms with Crippen LogP contribution >= 0.6 is 0 Å². The summed E-state index contributed by atoms with van der Waals surface area (Å²) >= 11 is 0. The molecule has 1 heterocycles. The number of furan rings is 1. The molecule has 1 amide bonds. The number of hydrogen-bond acceptors (Lipinski definition) is 4. The van der Waals surface area contributed by atoms with Crippen LogP contribution in [0.25, 0.3) is 11.0 Å². The minimum atomic E-state index is -1.28. The lowest BCUT2D eigenvalue weighted by Gasteiger charge is -2.19. The van der Waals surface area contributed by atoms with Gasteiger partial charge in [-0.1, -0.05) is 12.1 Å². The van der Waals surface area contributed by atoms with Crippen LogP contribution in [-0.4, -0.2) is 37.1 Å². The van der Waals surface area contributed by atoms with Gasteiger partial charge in [0.2, 0.25) is 0 Å². The van der Waals surface area contributed by atoms with E-state index in [1.807, 2.05) is 18.2 Å². The van der Waals surface area contributed by atoms with E-state index in [2.05, 4.69) is 5.32 Å². The molecule has 0 spiro atoms. The molecule has 6 heteroatoms. The second-order valence-electron chi connectivity index (χ2n) is 4.07. The third kappa shape index (κ3) is 2.30. The standard InChI is InChI=1S/C13H14N2O4/c1-14-11(13(17)18)12(16)15(2)9-7-19-10-6-4-3-5-8(9)10/h3-7,11,14H,1-2H3,(H,17,18). The van der Waals surface area contributed by atoms with Crippen LogP contribution in [-0.2, 0) is 9.59 Å². The van der Waals surface area contributed by atoms with Crippen molar-refractivity contribution in [1.29, 1.82) is 0 Å². The molecule has 0 fully saturated rings. The fraction of sp³-hybridized carbons (Fsp3) is 0.231. The van der Waals surface area contributed by atoms with E-state index < -0.39 is 17.9 Å². The number of para-hydroxylation sites is 1. The average Bonchev–Trinajstić information content (AvgIpc) is 2.82. The first-order chi connectivity index (χ1) is 9.06. The van der Waals surface area contributed by atoms with Crippen LogP contribution in [0, 0.1) is 0 Å². The number of carbonyl (C=O) groups excluding carboxylic acids is 1. The Labute approximate surface area is 109 Å². The fourth-order valence-electron chi connectivity index (χ4n) is 1.89. The number of anilines is 1. The van der Waals surface area contributed by atoms with E-state index in [1.165, 1.54) is 25.3 Å². The zero-order valence-corrected chi connectivity index (χ0v) is 10.6. The Morgan fingerprint density at radius 3 is 2.68 bits per heavy atom. The molecule has 2 N–H and O–H groups in total. The number of carboxylic acids is 1. The van der Waals surface area contributed by atoms with Crippen LogP contribution in [0.3, 0.4) is 0 Å². The maximum absolute atomic E-state index is 12.1. The molecule has 1 unspecified atom stereocenters. The van der Waals surface area contributed by atoms with Crippen LogP contribution in [0.1, 0.15) is 0 Å². The van der Waals surface area contributed by atoms with Crippen molar-refractivity contribution in [2.75, 3.05) is 19.0 Å². The van der Waals surface area contributed by atoms with Gasteiger partial charge in [0, 0.05) is 12.4 Å². The highest BCUT2D eigenvalue weighted by Gasteiger charge is 2.29. The van der Waals surface area contributed by atoms with Crippen molar-refractivity contribution in [3.8, 4) is 0 Å². The fourth-order valence-corrected chi connectivity index (χ4v) is 1.89. The zero-order valence-electron chi connectivity index (χ0n) is 10.6. The Morgan fingerprint density at radius 1 is 1.37 bits per heavy atom. The van der Waals surface area contributed by atoms with Gasteiger partial charge in [0.05, 0.1) is 5.69 Å². The second kappa shape index (κ2) is 5.11. The SMILES string of the molecule is CNC(C(=O)O)C(=O)N(C)c1coc2ccccc12. The Balaban J connectivity index is 2.36. The molecular weight excluding hydrogens is 248 g/mol. The maximum Gasteiger partial charge on any atom is 0.330 e. The Hall–Kier alpha value is -2.34. The largest absolute Gasteiger partial charge is 0.480 e. The third-order valence-electron chi connectivity index (χ3n) is 2.94. The van der Waals surface area contributed by atoms with Gasteiger partial charge in [-0.2, -0.15) is 0 Å². The molecule has 0 radical (unpaired) electrons. The van der Waals surface area contributed by atoms with Crippen molar-refractivity contribution in [2.45, 2.75) is 6.04 Å². The minimum absolute atomic E-state index is 0.544. The number of carbonyl (C=O) groups is 2. The molecule has 0 aliphatic carbocycles. The number of nitrogens with one attached hydrogen (secondary N) is 1. The number of aliphatic carboxylic acids is 1. The number of benzene rings is 1. The van der Waals surface area contributed by atoms with Gasteiger partial charge < -0.3 is 14.4 Å². The number of fused-ring (bicyclic) bond motifs is 1. The topological polar surface area (TPSA) is 82.8 Å². The third-order valence-corrected chi connectivity index (χ3v) is 2.94. The van der Waals surface area contributed by atoms with Gasteiger partial charge in [-0.25, -0.2) is 4.79 Å². The van der Waals surface area contributed by atoms with E-state index >= 15 is 0 Å². The predicted molar refractivity (Wildman–Crippen MR) is 70.1 cm³/mol. The first-order valence-electron chi connectivity index (χ1n) is 5.70. The lowest BCUT2D eigenvalue weighted by Crippen LogP contribution is -2.48. The summed E-state index contributed by atoms with van der Waals surface area (Å²) in [5, 5.41) is 12.2. The number of hydrogen-bond donors (Lipinski definition) is 2. The van der Waals surface area contributed by atoms with Crippen LogP contribution in [0.4, 0.5) is 5.69 Å². The summed E-state index contributed by atoms with van der Waals surface area (Å²) in [6.07, 6.45) is 1.44. The van der Waals surface area contributed by atoms with Gasteiger partial charge in [-0.15, -0.1) is 0 Å². The van der Waals surface area contributed by atoms with Gasteiger partial charge in [-0.3, -0.25) is 10.1 Å². The number of likely N-dealkylation sites (N-methyl/N-ethyl adjacent to an activating group) is 2. The van der Waals surface area contributed by atoms with Crippen LogP contribution < -0.4 is 10.2 Å². The van der Waals surface area contributed by atoms with Gasteiger partial charge >= 0.3 is 5.97 Å². The monoisotopic (exact) mass is 262 g/mol. The summed E-state index contributed by atoms with van der Waals surface area (Å²) in [6.45, 7) is 0. The molecule has 1 atom stereocenters. The zero-order chi connectivity index (χ0) is 14.0. The van der Waals surface area contributed by atoms with Crippen LogP contribution in [0.5, 0.6) is 0 Å². The van der Waals surface area contributed by atoms with Crippen molar-refractivity contribution in [3.05, 3.63) is 30.5 Å². The van der Waals surface area contributed by atoms with Crippen LogP contribution in [0.2, 0.25) is 0 Å². The Kier molecular flexibility index (Phi) is 3.52. The minimum Gasteiger partial charge on any atom is -0.480 e. The quantitative estimate of drug-likeness (QED) is 0.805. The summed E-state index contributed by atoms with van der Waals surface area (Å²) in [7, 11) is 2.95. The van der Waals surface area contributed by atoms with Gasteiger partial charge in [0.15, 0.2) is 6.04 Å². The molecule has 0 saturated carbocycles. The predicted octanol–water partition coefficient (Wildman–Crippen LogP) is 1.07. The van der Waals surface area contributed by atoms with Crippen molar-refractivity contribution in [1.82, 2.24) is 5.32 Å². The first-order valence-corrected chi connectivity index (χ1v) is 5.70. The molecule has 0 saturated heterocycles. The molecule has 6 nitrogen and oxygen atoms in total. The van der Waals surface area contributed by atoms with Crippen molar-refractivity contribution >= 4 is 28.5 Å². The van der Waals surface area contributed by atoms with Gasteiger partial charge in [0.1, 0.15) is 11.8 Å². The molecule has 100 valence electrons. The highest BCUT2D eigenvalue weighted by atomic mass is 16.4. The van der Waals surface area contributed by atoms with E-state index in [1.54, 1.807) is 6.07 Å². The summed E-state index contributed by atoms with van der Waals surface area (Å²) in [5.41, 5.74) is 1.19. The van der Waals surface area contributed by atoms with Gasteiger partial charge in [0.25, 0.3) is 5.91 Å². The molecule has 0 aliphatic heterocycles. The lowest BCUT2D eigenvalue weighted by molar-refractivity contribution is -0.143. The normalized spacial score (nSPS) is 12.3. The van der Waals surface area contributed by atoms with E-state index in [0.717, 1.165) is 5.39 Å². The molecule has 2 aromatic rings. The molecule has 19 heavy (non-hydrogen) atoms. The summed E-state index contributed by atoms with van der Waals surface area (Å²) in [6, 6.07) is 5.97. The molecule has 1 aromatic heterocycles. The van der Waals surface area contributed by atoms with Crippen molar-refractivity contribution in [2.24, 2.45) is 0 Å². The molecule has 2 rings (SSSR count). The van der Waals surface area contributed by atoms with E-state index in [0.29, 0.717) is 11.3 Å². The van der Waals surface area contributed by atoms with E-state index in [9.17, 15) is 9.59 Å². The first kappa shape index (κ1) is 13.1. The van der Waals surface area contributed by atoms with Crippen molar-refractivity contribution < 1.29 is 19.1 Å². The van der Waals surface area contributed by atoms with E-state index in [4.69, 9.17) is 9.52 Å². The highest BCUT2D eigenvalue weighted by molar-refractivity contribution is 6.11. The second-order valence-corrected chi connectivity index (χ2v) is 4.07. The summed E-state index contributed by atoms with van der Waals surface area (Å²) < 4.78 is 5.33. The average molecular weight is 262 g/mol. The molecule has 0 bridgehead atoms. The Bertz CT molecular complexity index is 620. The lowest BCUT2D eigenvalue weighted by atomic mass is 10.2. The number of carboxylic acid groups (broad SMARTS) is 1. The van der Waals surface area contributed by atoms with Crippen LogP contribution in [0.15, 0.2) is 34.9 Å². The number of nitrogens with zero attached hydrogens (tertiary/aromatic N) is 1. The summed E-state index contributed by atoms with van der Waals surface area (Å²) in [5.74, 6) is -1.77. The number of amides is 1. The Morgan fingerprint density at radius 2 is 2.05 bits per heavy atom. The molecule has 0 aliphatic rings. The number of rotatable bonds is 4. The smallest absolute Gasteiger partial charge is 0.330 e. The van der Waals surface area contributed by atoms with Crippen molar-refractivity contribution in [3.63, 3.8) is 0 Å². The van der Waals surface area contributed by atoms with E-state index in [-0.39, 0.29) is 0 Å². The van der Waals surface area contributed by atoms with Gasteiger partial charge in [-0.05, 0) is 19.2 Å². The molecule has 1 aromatic carbocycles. The molecular formula is C13H14N2O4.